The number of rotatable bonds is 4. The largest absolute Gasteiger partial charge is 0.506 e. The molecule has 1 N–H and O–H groups in total. The van der Waals surface area contributed by atoms with E-state index in [1.165, 1.54) is 6.07 Å². The molecule has 128 valence electrons. The number of phenolic OH excluding ortho intramolecular Hbond substituents is 1. The van der Waals surface area contributed by atoms with Gasteiger partial charge in [0.2, 0.25) is 5.89 Å². The maximum Gasteiger partial charge on any atom is 0.342 e. The van der Waals surface area contributed by atoms with Crippen molar-refractivity contribution in [3.8, 4) is 17.2 Å². The molecule has 6 nitrogen and oxygen atoms in total. The van der Waals surface area contributed by atoms with E-state index in [4.69, 9.17) is 20.8 Å². The Labute approximate surface area is 156 Å². The molecule has 2 aromatic carbocycles. The topological polar surface area (TPSA) is 85.5 Å². The summed E-state index contributed by atoms with van der Waals surface area (Å²) in [5, 5.41) is 18.3. The summed E-state index contributed by atoms with van der Waals surface area (Å²) in [6, 6.07) is 10.1. The molecule has 1 heterocycles. The first kappa shape index (κ1) is 17.4. The Morgan fingerprint density at radius 3 is 2.72 bits per heavy atom. The summed E-state index contributed by atoms with van der Waals surface area (Å²) in [6.45, 7) is 1.60. The van der Waals surface area contributed by atoms with Gasteiger partial charge in [-0.1, -0.05) is 11.6 Å². The number of hydrogen-bond acceptors (Lipinski definition) is 6. The summed E-state index contributed by atoms with van der Waals surface area (Å²) in [7, 11) is 0. The molecule has 0 radical (unpaired) electrons. The summed E-state index contributed by atoms with van der Waals surface area (Å²) in [4.78, 5) is 12.1. The molecule has 8 heteroatoms. The molecule has 25 heavy (non-hydrogen) atoms. The number of ether oxygens (including phenoxy) is 1. The number of aromatic hydroxyl groups is 1. The summed E-state index contributed by atoms with van der Waals surface area (Å²) in [6.07, 6.45) is 0. The van der Waals surface area contributed by atoms with Crippen LogP contribution in [0.15, 0.2) is 45.3 Å². The molecule has 0 aliphatic heterocycles. The Kier molecular flexibility index (Phi) is 5.06. The lowest BCUT2D eigenvalue weighted by Gasteiger charge is -2.07. The van der Waals surface area contributed by atoms with Crippen molar-refractivity contribution in [3.63, 3.8) is 0 Å². The van der Waals surface area contributed by atoms with Crippen molar-refractivity contribution in [2.24, 2.45) is 0 Å². The van der Waals surface area contributed by atoms with Crippen LogP contribution in [0.25, 0.3) is 11.5 Å². The van der Waals surface area contributed by atoms with E-state index < -0.39 is 5.97 Å². The third kappa shape index (κ3) is 4.00. The van der Waals surface area contributed by atoms with Gasteiger partial charge < -0.3 is 14.3 Å². The molecule has 0 saturated carbocycles. The van der Waals surface area contributed by atoms with Gasteiger partial charge >= 0.3 is 5.97 Å². The van der Waals surface area contributed by atoms with Gasteiger partial charge in [-0.05, 0) is 64.8 Å². The number of carbonyl (C=O) groups is 1. The zero-order valence-electron chi connectivity index (χ0n) is 13.0. The maximum absolute atomic E-state index is 12.1. The fourth-order valence-electron chi connectivity index (χ4n) is 2.12. The van der Waals surface area contributed by atoms with Crippen molar-refractivity contribution >= 4 is 33.5 Å². The third-order valence-electron chi connectivity index (χ3n) is 3.31. The predicted molar refractivity (Wildman–Crippen MR) is 94.4 cm³/mol. The maximum atomic E-state index is 12.1. The number of halogens is 2. The number of esters is 1. The normalized spacial score (nSPS) is 10.7. The zero-order valence-corrected chi connectivity index (χ0v) is 15.3. The van der Waals surface area contributed by atoms with Crippen LogP contribution in [-0.4, -0.2) is 21.3 Å². The lowest BCUT2D eigenvalue weighted by atomic mass is 10.1. The van der Waals surface area contributed by atoms with Crippen molar-refractivity contribution in [2.45, 2.75) is 13.5 Å². The minimum atomic E-state index is -0.687. The number of aryl methyl sites for hydroxylation is 1. The Bertz CT molecular complexity index is 925. The van der Waals surface area contributed by atoms with E-state index in [2.05, 4.69) is 26.1 Å². The highest BCUT2D eigenvalue weighted by atomic mass is 79.9. The van der Waals surface area contributed by atoms with E-state index in [1.54, 1.807) is 37.3 Å². The Morgan fingerprint density at radius 2 is 2.00 bits per heavy atom. The number of nitrogens with zero attached hydrogens (tertiary/aromatic N) is 2. The first-order valence-corrected chi connectivity index (χ1v) is 8.35. The molecule has 1 aromatic heterocycles. The van der Waals surface area contributed by atoms with Crippen molar-refractivity contribution in [1.82, 2.24) is 10.2 Å². The molecule has 0 amide bonds. The molecule has 3 rings (SSSR count). The molecule has 0 aliphatic carbocycles. The van der Waals surface area contributed by atoms with Crippen LogP contribution in [0.1, 0.15) is 21.8 Å². The quantitative estimate of drug-likeness (QED) is 0.621. The molecular weight excluding hydrogens is 412 g/mol. The highest BCUT2D eigenvalue weighted by molar-refractivity contribution is 9.10. The van der Waals surface area contributed by atoms with Gasteiger partial charge in [0.25, 0.3) is 5.89 Å². The van der Waals surface area contributed by atoms with Crippen molar-refractivity contribution in [1.29, 1.82) is 0 Å². The molecule has 0 fully saturated rings. The predicted octanol–water partition coefficient (Wildman–Crippen LogP) is 4.52. The number of aromatic nitrogens is 2. The Hall–Kier alpha value is -2.38. The van der Waals surface area contributed by atoms with Gasteiger partial charge in [0.1, 0.15) is 11.3 Å². The zero-order chi connectivity index (χ0) is 18.0. The molecule has 3 aromatic rings. The van der Waals surface area contributed by atoms with E-state index in [1.807, 2.05) is 0 Å². The summed E-state index contributed by atoms with van der Waals surface area (Å²) < 4.78 is 11.0. The van der Waals surface area contributed by atoms with E-state index in [0.29, 0.717) is 20.9 Å². The van der Waals surface area contributed by atoms with Gasteiger partial charge in [0.15, 0.2) is 6.61 Å². The SMILES string of the molecule is Cc1cc(Br)c(O)c(C(=O)OCc2nnc(-c3ccc(Cl)cc3)o2)c1. The highest BCUT2D eigenvalue weighted by Crippen LogP contribution is 2.30. The van der Waals surface area contributed by atoms with E-state index in [-0.39, 0.29) is 23.8 Å². The number of carbonyl (C=O) groups excluding carboxylic acids is 1. The van der Waals surface area contributed by atoms with Crippen LogP contribution in [0.3, 0.4) is 0 Å². The highest BCUT2D eigenvalue weighted by Gasteiger charge is 2.17. The van der Waals surface area contributed by atoms with Gasteiger partial charge in [0.05, 0.1) is 4.47 Å². The Balaban J connectivity index is 1.70. The second-order valence-corrected chi connectivity index (χ2v) is 6.52. The van der Waals surface area contributed by atoms with Crippen LogP contribution in [-0.2, 0) is 11.3 Å². The van der Waals surface area contributed by atoms with Gasteiger partial charge in [0, 0.05) is 10.6 Å². The lowest BCUT2D eigenvalue weighted by Crippen LogP contribution is -2.06. The summed E-state index contributed by atoms with van der Waals surface area (Å²) in [5.41, 5.74) is 1.57. The lowest BCUT2D eigenvalue weighted by molar-refractivity contribution is 0.0435. The average molecular weight is 424 g/mol. The summed E-state index contributed by atoms with van der Waals surface area (Å²) >= 11 is 9.02. The fourth-order valence-corrected chi connectivity index (χ4v) is 2.82. The summed E-state index contributed by atoms with van der Waals surface area (Å²) in [5.74, 6) is -0.426. The second-order valence-electron chi connectivity index (χ2n) is 5.23. The smallest absolute Gasteiger partial charge is 0.342 e. The minimum Gasteiger partial charge on any atom is -0.506 e. The first-order chi connectivity index (χ1) is 11.9. The molecule has 0 unspecified atom stereocenters. The molecule has 0 spiro atoms. The van der Waals surface area contributed by atoms with Crippen LogP contribution in [0.2, 0.25) is 5.02 Å². The van der Waals surface area contributed by atoms with E-state index >= 15 is 0 Å². The third-order valence-corrected chi connectivity index (χ3v) is 4.17. The van der Waals surface area contributed by atoms with Crippen molar-refractivity contribution < 1.29 is 19.1 Å². The van der Waals surface area contributed by atoms with Gasteiger partial charge in [-0.3, -0.25) is 0 Å². The van der Waals surface area contributed by atoms with Crippen molar-refractivity contribution in [2.75, 3.05) is 0 Å². The Morgan fingerprint density at radius 1 is 1.28 bits per heavy atom. The molecule has 0 aliphatic rings. The first-order valence-electron chi connectivity index (χ1n) is 7.18. The fraction of sp³-hybridized carbons (Fsp3) is 0.118. The van der Waals surface area contributed by atoms with E-state index in [9.17, 15) is 9.90 Å². The van der Waals surface area contributed by atoms with E-state index in [0.717, 1.165) is 5.56 Å². The molecule has 0 saturated heterocycles. The number of benzene rings is 2. The second kappa shape index (κ2) is 7.25. The standard InChI is InChI=1S/C17H12BrClN2O4/c1-9-6-12(15(22)13(18)7-9)17(23)24-8-14-20-21-16(25-14)10-2-4-11(19)5-3-10/h2-7,22H,8H2,1H3. The average Bonchev–Trinajstić information content (AvgIpc) is 3.05. The van der Waals surface area contributed by atoms with Crippen LogP contribution in [0.4, 0.5) is 0 Å². The van der Waals surface area contributed by atoms with Crippen LogP contribution in [0, 0.1) is 6.92 Å². The van der Waals surface area contributed by atoms with Crippen molar-refractivity contribution in [3.05, 3.63) is 62.9 Å². The van der Waals surface area contributed by atoms with Crippen LogP contribution >= 0.6 is 27.5 Å². The number of hydrogen-bond donors (Lipinski definition) is 1. The minimum absolute atomic E-state index is 0.0596. The monoisotopic (exact) mass is 422 g/mol. The van der Waals surface area contributed by atoms with Crippen LogP contribution < -0.4 is 0 Å². The molecule has 0 atom stereocenters. The molecular formula is C17H12BrClN2O4. The number of phenols is 1. The van der Waals surface area contributed by atoms with Crippen LogP contribution in [0.5, 0.6) is 5.75 Å². The van der Waals surface area contributed by atoms with Gasteiger partial charge in [-0.25, -0.2) is 4.79 Å². The van der Waals surface area contributed by atoms with Gasteiger partial charge in [-0.15, -0.1) is 10.2 Å². The molecule has 0 bridgehead atoms. The van der Waals surface area contributed by atoms with Gasteiger partial charge in [-0.2, -0.15) is 0 Å².